The number of hydrogen-bond donors (Lipinski definition) is 0. The van der Waals surface area contributed by atoms with Gasteiger partial charge >= 0.3 is 0 Å². The van der Waals surface area contributed by atoms with Crippen LogP contribution in [0.5, 0.6) is 0 Å². The first-order valence-electron chi connectivity index (χ1n) is 5.49. The summed E-state index contributed by atoms with van der Waals surface area (Å²) < 4.78 is 0. The molecule has 6 nitrogen and oxygen atoms in total. The van der Waals surface area contributed by atoms with Gasteiger partial charge in [0.2, 0.25) is 0 Å². The number of carboxylic acids is 2. The van der Waals surface area contributed by atoms with Gasteiger partial charge < -0.3 is 24.7 Å². The zero-order chi connectivity index (χ0) is 13.7. The average molecular weight is 270 g/mol. The maximum Gasteiger partial charge on any atom is 0.185 e. The van der Waals surface area contributed by atoms with Gasteiger partial charge in [-0.25, -0.2) is 4.98 Å². The molecule has 0 radical (unpaired) electrons. The number of carbonyl (C=O) groups excluding carboxylic acids is 2. The monoisotopic (exact) mass is 270 g/mol. The van der Waals surface area contributed by atoms with Gasteiger partial charge in [0, 0.05) is 42.7 Å². The van der Waals surface area contributed by atoms with Crippen molar-refractivity contribution in [3.8, 4) is 0 Å². The lowest BCUT2D eigenvalue weighted by Gasteiger charge is -2.22. The minimum absolute atomic E-state index is 0.162. The van der Waals surface area contributed by atoms with Crippen LogP contribution in [0.3, 0.4) is 0 Å². The predicted octanol–water partition coefficient (Wildman–Crippen LogP) is -1.15. The standard InChI is InChI=1S/C11H16N2O4S/c1-7-8(2)18-11(12-7)13(5-3-9(14)15)6-4-10(16)17/h3-6H2,1-2H3,(H,14,15)(H,16,17)/p-2. The van der Waals surface area contributed by atoms with E-state index < -0.39 is 11.9 Å². The molecule has 0 atom stereocenters. The summed E-state index contributed by atoms with van der Waals surface area (Å²) in [5.74, 6) is -2.34. The molecule has 0 aliphatic carbocycles. The molecule has 7 heteroatoms. The van der Waals surface area contributed by atoms with E-state index in [1.807, 2.05) is 13.8 Å². The topological polar surface area (TPSA) is 96.4 Å². The Balaban J connectivity index is 2.75. The minimum Gasteiger partial charge on any atom is -0.550 e. The third-order valence-electron chi connectivity index (χ3n) is 2.46. The Morgan fingerprint density at radius 3 is 2.00 bits per heavy atom. The fourth-order valence-electron chi connectivity index (χ4n) is 1.35. The van der Waals surface area contributed by atoms with Crippen molar-refractivity contribution in [2.45, 2.75) is 26.7 Å². The number of hydrogen-bond acceptors (Lipinski definition) is 7. The molecule has 0 aromatic carbocycles. The SMILES string of the molecule is Cc1nc(N(CCC(=O)[O-])CCC(=O)[O-])sc1C. The van der Waals surface area contributed by atoms with Gasteiger partial charge in [-0.1, -0.05) is 0 Å². The van der Waals surface area contributed by atoms with Gasteiger partial charge in [0.25, 0.3) is 0 Å². The molecule has 0 fully saturated rings. The number of carbonyl (C=O) groups is 2. The maximum atomic E-state index is 10.5. The van der Waals surface area contributed by atoms with E-state index in [0.717, 1.165) is 10.6 Å². The molecule has 0 bridgehead atoms. The van der Waals surface area contributed by atoms with Crippen LogP contribution in [0, 0.1) is 13.8 Å². The zero-order valence-corrected chi connectivity index (χ0v) is 11.1. The van der Waals surface area contributed by atoms with Crippen molar-refractivity contribution in [1.29, 1.82) is 0 Å². The van der Waals surface area contributed by atoms with Crippen LogP contribution in [-0.4, -0.2) is 30.0 Å². The molecule has 18 heavy (non-hydrogen) atoms. The van der Waals surface area contributed by atoms with Crippen molar-refractivity contribution in [2.24, 2.45) is 0 Å². The van der Waals surface area contributed by atoms with Crippen LogP contribution < -0.4 is 15.1 Å². The second-order valence-corrected chi connectivity index (χ2v) is 5.05. The lowest BCUT2D eigenvalue weighted by atomic mass is 10.3. The Labute approximate surface area is 109 Å². The number of aromatic nitrogens is 1. The molecule has 0 spiro atoms. The zero-order valence-electron chi connectivity index (χ0n) is 10.3. The van der Waals surface area contributed by atoms with Crippen LogP contribution >= 0.6 is 11.3 Å². The average Bonchev–Trinajstić information content (AvgIpc) is 2.58. The summed E-state index contributed by atoms with van der Waals surface area (Å²) in [7, 11) is 0. The highest BCUT2D eigenvalue weighted by Gasteiger charge is 2.12. The van der Waals surface area contributed by atoms with Crippen molar-refractivity contribution in [3.05, 3.63) is 10.6 Å². The van der Waals surface area contributed by atoms with Gasteiger partial charge in [0.15, 0.2) is 5.13 Å². The number of nitrogens with zero attached hydrogens (tertiary/aromatic N) is 2. The normalized spacial score (nSPS) is 10.3. The predicted molar refractivity (Wildman–Crippen MR) is 63.0 cm³/mol. The second-order valence-electron chi connectivity index (χ2n) is 3.87. The third kappa shape index (κ3) is 4.33. The molecule has 0 aliphatic heterocycles. The first-order valence-corrected chi connectivity index (χ1v) is 6.30. The second kappa shape index (κ2) is 6.34. The molecule has 0 amide bonds. The molecule has 0 unspecified atom stereocenters. The molecule has 0 saturated carbocycles. The van der Waals surface area contributed by atoms with E-state index in [9.17, 15) is 19.8 Å². The Morgan fingerprint density at radius 1 is 1.17 bits per heavy atom. The number of rotatable bonds is 7. The van der Waals surface area contributed by atoms with Gasteiger partial charge in [-0.15, -0.1) is 11.3 Å². The quantitative estimate of drug-likeness (QED) is 0.620. The van der Waals surface area contributed by atoms with Crippen LogP contribution in [0.2, 0.25) is 0 Å². The van der Waals surface area contributed by atoms with Gasteiger partial charge in [0.1, 0.15) is 0 Å². The Bertz CT molecular complexity index is 407. The molecular weight excluding hydrogens is 256 g/mol. The van der Waals surface area contributed by atoms with Crippen molar-refractivity contribution < 1.29 is 19.8 Å². The van der Waals surface area contributed by atoms with E-state index >= 15 is 0 Å². The van der Waals surface area contributed by atoms with Gasteiger partial charge in [0.05, 0.1) is 5.69 Å². The van der Waals surface area contributed by atoms with Crippen molar-refractivity contribution in [2.75, 3.05) is 18.0 Å². The largest absolute Gasteiger partial charge is 0.550 e. The highest BCUT2D eigenvalue weighted by Crippen LogP contribution is 2.25. The summed E-state index contributed by atoms with van der Waals surface area (Å²) in [6.45, 7) is 4.13. The lowest BCUT2D eigenvalue weighted by Crippen LogP contribution is -2.34. The van der Waals surface area contributed by atoms with Crippen LogP contribution in [0.1, 0.15) is 23.4 Å². The summed E-state index contributed by atoms with van der Waals surface area (Å²) in [4.78, 5) is 27.9. The summed E-state index contributed by atoms with van der Waals surface area (Å²) in [6, 6.07) is 0. The maximum absolute atomic E-state index is 10.5. The molecule has 1 heterocycles. The van der Waals surface area contributed by atoms with Crippen LogP contribution in [0.4, 0.5) is 5.13 Å². The van der Waals surface area contributed by atoms with E-state index in [4.69, 9.17) is 0 Å². The number of thiazole rings is 1. The molecule has 0 saturated heterocycles. The minimum atomic E-state index is -1.17. The molecule has 0 N–H and O–H groups in total. The molecule has 100 valence electrons. The summed E-state index contributed by atoms with van der Waals surface area (Å²) in [6.07, 6.45) is -0.324. The number of aliphatic carboxylic acids is 2. The Morgan fingerprint density at radius 2 is 1.67 bits per heavy atom. The van der Waals surface area contributed by atoms with Gasteiger partial charge in [-0.3, -0.25) is 0 Å². The first kappa shape index (κ1) is 14.4. The van der Waals surface area contributed by atoms with E-state index in [0.29, 0.717) is 5.13 Å². The van der Waals surface area contributed by atoms with Crippen molar-refractivity contribution in [3.63, 3.8) is 0 Å². The summed E-state index contributed by atoms with van der Waals surface area (Å²) in [5.41, 5.74) is 0.863. The fraction of sp³-hybridized carbons (Fsp3) is 0.545. The van der Waals surface area contributed by atoms with Crippen LogP contribution in [-0.2, 0) is 9.59 Å². The molecule has 1 rings (SSSR count). The number of aryl methyl sites for hydroxylation is 2. The molecule has 1 aromatic heterocycles. The Kier molecular flexibility index (Phi) is 5.08. The smallest absolute Gasteiger partial charge is 0.185 e. The summed E-state index contributed by atoms with van der Waals surface area (Å²) >= 11 is 1.41. The lowest BCUT2D eigenvalue weighted by molar-refractivity contribution is -0.306. The third-order valence-corrected chi connectivity index (χ3v) is 3.59. The Hall–Kier alpha value is -1.63. The van der Waals surface area contributed by atoms with Crippen LogP contribution in [0.25, 0.3) is 0 Å². The molecule has 0 aliphatic rings. The summed E-state index contributed by atoms with van der Waals surface area (Å²) in [5, 5.41) is 21.6. The van der Waals surface area contributed by atoms with Gasteiger partial charge in [-0.05, 0) is 13.8 Å². The van der Waals surface area contributed by atoms with E-state index in [2.05, 4.69) is 4.98 Å². The van der Waals surface area contributed by atoms with E-state index in [1.165, 1.54) is 11.3 Å². The highest BCUT2D eigenvalue weighted by molar-refractivity contribution is 7.15. The van der Waals surface area contributed by atoms with E-state index in [-0.39, 0.29) is 25.9 Å². The first-order chi connectivity index (χ1) is 8.40. The van der Waals surface area contributed by atoms with Gasteiger partial charge in [-0.2, -0.15) is 0 Å². The molecule has 1 aromatic rings. The molecular formula is C11H14N2O4S-2. The number of carboxylic acid groups (broad SMARTS) is 2. The highest BCUT2D eigenvalue weighted by atomic mass is 32.1. The van der Waals surface area contributed by atoms with Crippen molar-refractivity contribution >= 4 is 28.4 Å². The van der Waals surface area contributed by atoms with Crippen LogP contribution in [0.15, 0.2) is 0 Å². The fourth-order valence-corrected chi connectivity index (χ4v) is 2.31. The van der Waals surface area contributed by atoms with E-state index in [1.54, 1.807) is 4.90 Å². The number of anilines is 1. The van der Waals surface area contributed by atoms with Crippen molar-refractivity contribution in [1.82, 2.24) is 4.98 Å².